The van der Waals surface area contributed by atoms with Gasteiger partial charge < -0.3 is 4.90 Å². The van der Waals surface area contributed by atoms with Gasteiger partial charge in [0, 0.05) is 61.9 Å². The third kappa shape index (κ3) is 4.38. The zero-order chi connectivity index (χ0) is 17.8. The van der Waals surface area contributed by atoms with Crippen LogP contribution in [-0.4, -0.2) is 46.0 Å². The highest BCUT2D eigenvalue weighted by atomic mass is 35.5. The lowest BCUT2D eigenvalue weighted by Crippen LogP contribution is -2.46. The van der Waals surface area contributed by atoms with E-state index in [9.17, 15) is 0 Å². The molecule has 4 rings (SSSR count). The molecule has 5 nitrogen and oxygen atoms in total. The Bertz CT molecular complexity index is 829. The first kappa shape index (κ1) is 17.4. The summed E-state index contributed by atoms with van der Waals surface area (Å²) in [5, 5.41) is 4.10. The molecule has 0 amide bonds. The third-order valence-corrected chi connectivity index (χ3v) is 5.61. The molecule has 0 N–H and O–H groups in total. The summed E-state index contributed by atoms with van der Waals surface area (Å²) in [5.74, 6) is 0.825. The maximum absolute atomic E-state index is 5.95. The molecule has 134 valence electrons. The molecule has 2 aromatic heterocycles. The highest BCUT2D eigenvalue weighted by Crippen LogP contribution is 2.18. The molecule has 0 aliphatic carbocycles. The van der Waals surface area contributed by atoms with E-state index >= 15 is 0 Å². The molecule has 1 aliphatic heterocycles. The normalized spacial score (nSPS) is 15.3. The average Bonchev–Trinajstić information content (AvgIpc) is 3.12. The molecule has 26 heavy (non-hydrogen) atoms. The zero-order valence-electron chi connectivity index (χ0n) is 14.4. The van der Waals surface area contributed by atoms with Crippen LogP contribution in [0, 0.1) is 0 Å². The SMILES string of the molecule is Clc1ccc(Cc2nc(CN3CCN(c4ncccn4)CC3)cs2)cc1. The summed E-state index contributed by atoms with van der Waals surface area (Å²) in [7, 11) is 0. The van der Waals surface area contributed by atoms with Gasteiger partial charge in [0.1, 0.15) is 0 Å². The summed E-state index contributed by atoms with van der Waals surface area (Å²) in [4.78, 5) is 18.2. The standard InChI is InChI=1S/C19H20ClN5S/c20-16-4-2-15(3-5-16)12-18-23-17(14-26-18)13-24-8-10-25(11-9-24)19-21-6-1-7-22-19/h1-7,14H,8-13H2. The van der Waals surface area contributed by atoms with Crippen molar-refractivity contribution in [2.75, 3.05) is 31.1 Å². The Morgan fingerprint density at radius 2 is 1.73 bits per heavy atom. The maximum Gasteiger partial charge on any atom is 0.225 e. The van der Waals surface area contributed by atoms with Crippen molar-refractivity contribution in [2.24, 2.45) is 0 Å². The van der Waals surface area contributed by atoms with E-state index in [0.717, 1.165) is 60.8 Å². The molecule has 1 saturated heterocycles. The molecule has 0 bridgehead atoms. The van der Waals surface area contributed by atoms with Crippen molar-refractivity contribution in [3.05, 3.63) is 69.4 Å². The number of aromatic nitrogens is 3. The first-order valence-electron chi connectivity index (χ1n) is 8.68. The molecule has 1 aliphatic rings. The van der Waals surface area contributed by atoms with Gasteiger partial charge in [-0.1, -0.05) is 23.7 Å². The average molecular weight is 386 g/mol. The van der Waals surface area contributed by atoms with Gasteiger partial charge >= 0.3 is 0 Å². The lowest BCUT2D eigenvalue weighted by Gasteiger charge is -2.34. The van der Waals surface area contributed by atoms with Crippen LogP contribution in [0.3, 0.4) is 0 Å². The quantitative estimate of drug-likeness (QED) is 0.672. The van der Waals surface area contributed by atoms with Crippen LogP contribution in [-0.2, 0) is 13.0 Å². The second kappa shape index (κ2) is 8.12. The molecule has 3 heterocycles. The summed E-state index contributed by atoms with van der Waals surface area (Å²) < 4.78 is 0. The number of benzene rings is 1. The fourth-order valence-corrected chi connectivity index (χ4v) is 4.01. The number of nitrogens with zero attached hydrogens (tertiary/aromatic N) is 5. The third-order valence-electron chi connectivity index (χ3n) is 4.46. The van der Waals surface area contributed by atoms with E-state index in [4.69, 9.17) is 16.6 Å². The van der Waals surface area contributed by atoms with Gasteiger partial charge in [0.25, 0.3) is 0 Å². The van der Waals surface area contributed by atoms with Gasteiger partial charge in [-0.2, -0.15) is 0 Å². The minimum absolute atomic E-state index is 0.772. The van der Waals surface area contributed by atoms with Gasteiger partial charge in [-0.05, 0) is 23.8 Å². The lowest BCUT2D eigenvalue weighted by molar-refractivity contribution is 0.246. The number of halogens is 1. The van der Waals surface area contributed by atoms with Crippen molar-refractivity contribution in [2.45, 2.75) is 13.0 Å². The van der Waals surface area contributed by atoms with Crippen LogP contribution in [0.25, 0.3) is 0 Å². The molecule has 0 saturated carbocycles. The fraction of sp³-hybridized carbons (Fsp3) is 0.316. The second-order valence-electron chi connectivity index (χ2n) is 6.35. The van der Waals surface area contributed by atoms with Crippen molar-refractivity contribution in [3.63, 3.8) is 0 Å². The lowest BCUT2D eigenvalue weighted by atomic mass is 10.2. The summed E-state index contributed by atoms with van der Waals surface area (Å²) in [5.41, 5.74) is 2.40. The van der Waals surface area contributed by atoms with Crippen LogP contribution < -0.4 is 4.90 Å². The smallest absolute Gasteiger partial charge is 0.225 e. The summed E-state index contributed by atoms with van der Waals surface area (Å²) in [6.07, 6.45) is 4.46. The summed E-state index contributed by atoms with van der Waals surface area (Å²) in [6, 6.07) is 9.84. The number of piperazine rings is 1. The molecule has 0 radical (unpaired) electrons. The number of thiazole rings is 1. The minimum atomic E-state index is 0.772. The van der Waals surface area contributed by atoms with Crippen LogP contribution in [0.15, 0.2) is 48.1 Å². The topological polar surface area (TPSA) is 45.2 Å². The minimum Gasteiger partial charge on any atom is -0.338 e. The number of rotatable bonds is 5. The summed E-state index contributed by atoms with van der Waals surface area (Å²) >= 11 is 7.68. The largest absolute Gasteiger partial charge is 0.338 e. The predicted molar refractivity (Wildman–Crippen MR) is 106 cm³/mol. The Hall–Kier alpha value is -2.02. The molecule has 1 aromatic carbocycles. The van der Waals surface area contributed by atoms with Gasteiger partial charge in [0.15, 0.2) is 0 Å². The molecule has 0 atom stereocenters. The first-order chi connectivity index (χ1) is 12.8. The molecule has 0 unspecified atom stereocenters. The Kier molecular flexibility index (Phi) is 5.43. The molecule has 7 heteroatoms. The zero-order valence-corrected chi connectivity index (χ0v) is 16.0. The van der Waals surface area contributed by atoms with E-state index < -0.39 is 0 Å². The van der Waals surface area contributed by atoms with E-state index in [-0.39, 0.29) is 0 Å². The first-order valence-corrected chi connectivity index (χ1v) is 9.94. The van der Waals surface area contributed by atoms with Crippen molar-refractivity contribution < 1.29 is 0 Å². The van der Waals surface area contributed by atoms with E-state index in [1.807, 2.05) is 18.2 Å². The highest BCUT2D eigenvalue weighted by Gasteiger charge is 2.19. The van der Waals surface area contributed by atoms with Crippen LogP contribution >= 0.6 is 22.9 Å². The van der Waals surface area contributed by atoms with Crippen LogP contribution in [0.2, 0.25) is 5.02 Å². The number of hydrogen-bond donors (Lipinski definition) is 0. The maximum atomic E-state index is 5.95. The number of anilines is 1. The van der Waals surface area contributed by atoms with Crippen LogP contribution in [0.4, 0.5) is 5.95 Å². The van der Waals surface area contributed by atoms with Gasteiger partial charge in [0.05, 0.1) is 10.7 Å². The predicted octanol–water partition coefficient (Wildman–Crippen LogP) is 3.50. The number of hydrogen-bond acceptors (Lipinski definition) is 6. The van der Waals surface area contributed by atoms with Crippen molar-refractivity contribution in [1.82, 2.24) is 19.9 Å². The van der Waals surface area contributed by atoms with Crippen molar-refractivity contribution >= 4 is 28.9 Å². The molecule has 1 fully saturated rings. The summed E-state index contributed by atoms with van der Waals surface area (Å²) in [6.45, 7) is 4.81. The molecular weight excluding hydrogens is 366 g/mol. The van der Waals surface area contributed by atoms with Gasteiger partial charge in [-0.25, -0.2) is 15.0 Å². The van der Waals surface area contributed by atoms with E-state index in [1.165, 1.54) is 5.56 Å². The monoisotopic (exact) mass is 385 g/mol. The Labute approximate surface area is 162 Å². The Balaban J connectivity index is 1.30. The fourth-order valence-electron chi connectivity index (χ4n) is 3.07. The van der Waals surface area contributed by atoms with Crippen LogP contribution in [0.5, 0.6) is 0 Å². The molecular formula is C19H20ClN5S. The van der Waals surface area contributed by atoms with Crippen molar-refractivity contribution in [1.29, 1.82) is 0 Å². The molecule has 3 aromatic rings. The second-order valence-corrected chi connectivity index (χ2v) is 7.73. The van der Waals surface area contributed by atoms with Crippen molar-refractivity contribution in [3.8, 4) is 0 Å². The van der Waals surface area contributed by atoms with Gasteiger partial charge in [-0.3, -0.25) is 4.90 Å². The van der Waals surface area contributed by atoms with E-state index in [0.29, 0.717) is 0 Å². The van der Waals surface area contributed by atoms with Crippen LogP contribution in [0.1, 0.15) is 16.3 Å². The van der Waals surface area contributed by atoms with Gasteiger partial charge in [-0.15, -0.1) is 11.3 Å². The molecule has 0 spiro atoms. The Morgan fingerprint density at radius 3 is 2.46 bits per heavy atom. The van der Waals surface area contributed by atoms with E-state index in [2.05, 4.69) is 37.3 Å². The van der Waals surface area contributed by atoms with Gasteiger partial charge in [0.2, 0.25) is 5.95 Å². The van der Waals surface area contributed by atoms with E-state index in [1.54, 1.807) is 23.7 Å². The Morgan fingerprint density at radius 1 is 1.00 bits per heavy atom. The highest BCUT2D eigenvalue weighted by molar-refractivity contribution is 7.09.